The van der Waals surface area contributed by atoms with Crippen LogP contribution in [0.2, 0.25) is 0 Å². The van der Waals surface area contributed by atoms with Crippen LogP contribution in [0.3, 0.4) is 0 Å². The number of hydrogen-bond donors (Lipinski definition) is 1. The number of aromatic nitrogens is 2. The van der Waals surface area contributed by atoms with Gasteiger partial charge in [-0.3, -0.25) is 0 Å². The molecule has 2 aliphatic carbocycles. The van der Waals surface area contributed by atoms with Crippen molar-refractivity contribution in [1.29, 1.82) is 0 Å². The third-order valence-electron chi connectivity index (χ3n) is 4.42. The first kappa shape index (κ1) is 11.1. The van der Waals surface area contributed by atoms with Gasteiger partial charge in [0.25, 0.3) is 0 Å². The highest BCUT2D eigenvalue weighted by Crippen LogP contribution is 2.45. The Morgan fingerprint density at radius 2 is 2.00 bits per heavy atom. The van der Waals surface area contributed by atoms with Gasteiger partial charge in [0.2, 0.25) is 0 Å². The highest BCUT2D eigenvalue weighted by atomic mass is 14.9. The van der Waals surface area contributed by atoms with E-state index in [1.807, 2.05) is 6.20 Å². The summed E-state index contributed by atoms with van der Waals surface area (Å²) in [5, 5.41) is 0. The first-order valence-electron chi connectivity index (χ1n) is 6.88. The molecule has 0 amide bonds. The molecule has 1 heterocycles. The van der Waals surface area contributed by atoms with Gasteiger partial charge in [0.1, 0.15) is 5.82 Å². The molecule has 1 aromatic rings. The topological polar surface area (TPSA) is 51.8 Å². The highest BCUT2D eigenvalue weighted by molar-refractivity contribution is 5.21. The average molecular weight is 231 g/mol. The third kappa shape index (κ3) is 2.08. The lowest BCUT2D eigenvalue weighted by atomic mass is 9.87. The second kappa shape index (κ2) is 4.37. The molecule has 2 fully saturated rings. The molecule has 0 atom stereocenters. The molecule has 2 N–H and O–H groups in total. The normalized spacial score (nSPS) is 23.6. The lowest BCUT2D eigenvalue weighted by molar-refractivity contribution is 0.433. The largest absolute Gasteiger partial charge is 0.329 e. The maximum Gasteiger partial charge on any atom is 0.135 e. The Hall–Kier alpha value is -0.960. The van der Waals surface area contributed by atoms with Gasteiger partial charge in [0.15, 0.2) is 0 Å². The summed E-state index contributed by atoms with van der Waals surface area (Å²) < 4.78 is 0. The quantitative estimate of drug-likeness (QED) is 0.869. The van der Waals surface area contributed by atoms with Crippen LogP contribution >= 0.6 is 0 Å². The van der Waals surface area contributed by atoms with Gasteiger partial charge >= 0.3 is 0 Å². The van der Waals surface area contributed by atoms with E-state index in [0.717, 1.165) is 18.7 Å². The van der Waals surface area contributed by atoms with Crippen LogP contribution in [0.15, 0.2) is 12.3 Å². The Kier molecular flexibility index (Phi) is 2.87. The fourth-order valence-electron chi connectivity index (χ4n) is 2.92. The Morgan fingerprint density at radius 1 is 1.24 bits per heavy atom. The van der Waals surface area contributed by atoms with E-state index in [0.29, 0.717) is 12.5 Å². The smallest absolute Gasteiger partial charge is 0.135 e. The Labute approximate surface area is 103 Å². The standard InChI is InChI=1S/C14H21N3/c15-10-14(7-8-14)13-16-9-6-12(17-13)11-4-2-1-3-5-11/h6,9,11H,1-5,7-8,10,15H2. The van der Waals surface area contributed by atoms with E-state index in [-0.39, 0.29) is 5.41 Å². The molecule has 3 rings (SSSR count). The predicted molar refractivity (Wildman–Crippen MR) is 67.8 cm³/mol. The van der Waals surface area contributed by atoms with Gasteiger partial charge in [0, 0.05) is 29.8 Å². The maximum atomic E-state index is 5.85. The fourth-order valence-corrected chi connectivity index (χ4v) is 2.92. The minimum atomic E-state index is 0.130. The van der Waals surface area contributed by atoms with Crippen LogP contribution in [0, 0.1) is 0 Å². The Bertz CT molecular complexity index is 392. The summed E-state index contributed by atoms with van der Waals surface area (Å²) in [6.07, 6.45) is 11.0. The minimum absolute atomic E-state index is 0.130. The summed E-state index contributed by atoms with van der Waals surface area (Å²) in [5.41, 5.74) is 7.24. The van der Waals surface area contributed by atoms with Gasteiger partial charge in [-0.1, -0.05) is 19.3 Å². The lowest BCUT2D eigenvalue weighted by Gasteiger charge is -2.22. The molecule has 92 valence electrons. The third-order valence-corrected chi connectivity index (χ3v) is 4.42. The van der Waals surface area contributed by atoms with Gasteiger partial charge < -0.3 is 5.73 Å². The van der Waals surface area contributed by atoms with Crippen molar-refractivity contribution in [2.45, 2.75) is 56.3 Å². The van der Waals surface area contributed by atoms with E-state index in [4.69, 9.17) is 10.7 Å². The molecule has 17 heavy (non-hydrogen) atoms. The van der Waals surface area contributed by atoms with Crippen molar-refractivity contribution >= 4 is 0 Å². The summed E-state index contributed by atoms with van der Waals surface area (Å²) in [5.74, 6) is 1.67. The average Bonchev–Trinajstić information content (AvgIpc) is 3.21. The van der Waals surface area contributed by atoms with E-state index in [1.54, 1.807) is 0 Å². The molecule has 3 nitrogen and oxygen atoms in total. The van der Waals surface area contributed by atoms with E-state index < -0.39 is 0 Å². The number of nitrogens with two attached hydrogens (primary N) is 1. The SMILES string of the molecule is NCC1(c2nccc(C3CCCCC3)n2)CC1. The molecule has 0 spiro atoms. The molecule has 3 heteroatoms. The van der Waals surface area contributed by atoms with Crippen LogP contribution in [0.5, 0.6) is 0 Å². The van der Waals surface area contributed by atoms with Gasteiger partial charge in [-0.05, 0) is 31.7 Å². The first-order valence-corrected chi connectivity index (χ1v) is 6.88. The highest BCUT2D eigenvalue weighted by Gasteiger charge is 2.45. The van der Waals surface area contributed by atoms with Crippen molar-refractivity contribution < 1.29 is 0 Å². The molecule has 0 bridgehead atoms. The van der Waals surface area contributed by atoms with Crippen molar-refractivity contribution in [2.75, 3.05) is 6.54 Å². The summed E-state index contributed by atoms with van der Waals surface area (Å²) in [7, 11) is 0. The molecule has 0 radical (unpaired) electrons. The van der Waals surface area contributed by atoms with Crippen molar-refractivity contribution in [3.63, 3.8) is 0 Å². The van der Waals surface area contributed by atoms with E-state index in [1.165, 1.54) is 37.8 Å². The van der Waals surface area contributed by atoms with Gasteiger partial charge in [-0.25, -0.2) is 9.97 Å². The number of rotatable bonds is 3. The van der Waals surface area contributed by atoms with Crippen LogP contribution in [0.25, 0.3) is 0 Å². The monoisotopic (exact) mass is 231 g/mol. The molecule has 2 saturated carbocycles. The molecule has 1 aromatic heterocycles. The lowest BCUT2D eigenvalue weighted by Crippen LogP contribution is -2.23. The van der Waals surface area contributed by atoms with Crippen LogP contribution in [-0.2, 0) is 5.41 Å². The maximum absolute atomic E-state index is 5.85. The number of nitrogens with zero attached hydrogens (tertiary/aromatic N) is 2. The minimum Gasteiger partial charge on any atom is -0.329 e. The van der Waals surface area contributed by atoms with Crippen LogP contribution < -0.4 is 5.73 Å². The molecule has 0 saturated heterocycles. The first-order chi connectivity index (χ1) is 8.34. The van der Waals surface area contributed by atoms with E-state index >= 15 is 0 Å². The molecule has 2 aliphatic rings. The second-order valence-electron chi connectivity index (χ2n) is 5.62. The van der Waals surface area contributed by atoms with Crippen LogP contribution in [-0.4, -0.2) is 16.5 Å². The predicted octanol–water partition coefficient (Wildman–Crippen LogP) is 2.51. The summed E-state index contributed by atoms with van der Waals surface area (Å²) in [4.78, 5) is 9.26. The van der Waals surface area contributed by atoms with Gasteiger partial charge in [-0.2, -0.15) is 0 Å². The fraction of sp³-hybridized carbons (Fsp3) is 0.714. The zero-order valence-corrected chi connectivity index (χ0v) is 10.4. The van der Waals surface area contributed by atoms with E-state index in [9.17, 15) is 0 Å². The summed E-state index contributed by atoms with van der Waals surface area (Å²) in [6, 6.07) is 2.10. The zero-order chi connectivity index (χ0) is 11.7. The Balaban J connectivity index is 1.83. The van der Waals surface area contributed by atoms with Crippen molar-refractivity contribution in [2.24, 2.45) is 5.73 Å². The Morgan fingerprint density at radius 3 is 2.65 bits per heavy atom. The van der Waals surface area contributed by atoms with Crippen molar-refractivity contribution in [3.8, 4) is 0 Å². The second-order valence-corrected chi connectivity index (χ2v) is 5.62. The summed E-state index contributed by atoms with van der Waals surface area (Å²) in [6.45, 7) is 0.696. The van der Waals surface area contributed by atoms with Gasteiger partial charge in [-0.15, -0.1) is 0 Å². The summed E-state index contributed by atoms with van der Waals surface area (Å²) >= 11 is 0. The molecule has 0 unspecified atom stereocenters. The number of hydrogen-bond acceptors (Lipinski definition) is 3. The molecule has 0 aliphatic heterocycles. The van der Waals surface area contributed by atoms with Crippen molar-refractivity contribution in [1.82, 2.24) is 9.97 Å². The van der Waals surface area contributed by atoms with Gasteiger partial charge in [0.05, 0.1) is 0 Å². The molecule has 0 aromatic carbocycles. The van der Waals surface area contributed by atoms with E-state index in [2.05, 4.69) is 11.1 Å². The molecular weight excluding hydrogens is 210 g/mol. The van der Waals surface area contributed by atoms with Crippen LogP contribution in [0.1, 0.15) is 62.4 Å². The van der Waals surface area contributed by atoms with Crippen molar-refractivity contribution in [3.05, 3.63) is 23.8 Å². The molecular formula is C14H21N3. The zero-order valence-electron chi connectivity index (χ0n) is 10.4. The van der Waals surface area contributed by atoms with Crippen LogP contribution in [0.4, 0.5) is 0 Å².